The Balaban J connectivity index is 0. The van der Waals surface area contributed by atoms with E-state index in [2.05, 4.69) is 43.0 Å². The maximum atomic E-state index is 13.3. The van der Waals surface area contributed by atoms with Gasteiger partial charge in [0, 0.05) is 11.0 Å². The lowest BCUT2D eigenvalue weighted by molar-refractivity contribution is -0.154. The number of halogens is 2. The summed E-state index contributed by atoms with van der Waals surface area (Å²) in [5, 5.41) is 4.63. The van der Waals surface area contributed by atoms with E-state index in [0.717, 1.165) is 25.7 Å². The number of benzene rings is 1. The molecule has 0 heterocycles. The molecule has 182 valence electrons. The zero-order chi connectivity index (χ0) is 24.9. The van der Waals surface area contributed by atoms with Crippen LogP contribution in [0, 0.1) is 5.82 Å². The molecule has 2 amide bonds. The van der Waals surface area contributed by atoms with Gasteiger partial charge in [-0.25, -0.2) is 14.0 Å². The SMILES string of the molecule is CC.CCCCCCNC(=O)C(=O)OCC.CCOC(=O)C(=O)Nc1ccc(Br)cc1F. The van der Waals surface area contributed by atoms with Crippen molar-refractivity contribution in [3.05, 3.63) is 28.5 Å². The van der Waals surface area contributed by atoms with Gasteiger partial charge in [-0.05, 0) is 38.5 Å². The number of amides is 2. The lowest BCUT2D eigenvalue weighted by Crippen LogP contribution is -2.33. The molecule has 0 unspecified atom stereocenters. The Morgan fingerprint density at radius 2 is 1.47 bits per heavy atom. The zero-order valence-corrected chi connectivity index (χ0v) is 21.0. The van der Waals surface area contributed by atoms with Gasteiger partial charge in [-0.3, -0.25) is 9.59 Å². The number of rotatable bonds is 8. The molecule has 0 fully saturated rings. The van der Waals surface area contributed by atoms with Crippen LogP contribution in [0.15, 0.2) is 22.7 Å². The number of anilines is 1. The second kappa shape index (κ2) is 20.4. The molecule has 0 radical (unpaired) electrons. The Bertz CT molecular complexity index is 716. The van der Waals surface area contributed by atoms with E-state index in [1.807, 2.05) is 13.8 Å². The molecule has 1 rings (SSSR count). The molecule has 0 saturated carbocycles. The van der Waals surface area contributed by atoms with Crippen LogP contribution in [0.2, 0.25) is 0 Å². The van der Waals surface area contributed by atoms with Gasteiger partial charge in [0.15, 0.2) is 0 Å². The Morgan fingerprint density at radius 1 is 0.906 bits per heavy atom. The molecule has 0 saturated heterocycles. The summed E-state index contributed by atoms with van der Waals surface area (Å²) >= 11 is 3.07. The summed E-state index contributed by atoms with van der Waals surface area (Å²) in [6.07, 6.45) is 4.32. The number of nitrogens with one attached hydrogen (secondary N) is 2. The second-order valence-corrected chi connectivity index (χ2v) is 6.75. The van der Waals surface area contributed by atoms with Crippen LogP contribution >= 0.6 is 15.9 Å². The van der Waals surface area contributed by atoms with Gasteiger partial charge in [-0.1, -0.05) is 56.0 Å². The van der Waals surface area contributed by atoms with Crippen molar-refractivity contribution in [2.75, 3.05) is 25.1 Å². The molecule has 32 heavy (non-hydrogen) atoms. The quantitative estimate of drug-likeness (QED) is 0.299. The van der Waals surface area contributed by atoms with Crippen LogP contribution in [-0.4, -0.2) is 43.5 Å². The number of carbonyl (C=O) groups is 4. The van der Waals surface area contributed by atoms with Crippen molar-refractivity contribution in [2.24, 2.45) is 0 Å². The van der Waals surface area contributed by atoms with Gasteiger partial charge in [0.1, 0.15) is 5.82 Å². The lowest BCUT2D eigenvalue weighted by Gasteiger charge is -2.05. The Kier molecular flexibility index (Phi) is 20.2. The molecule has 1 aromatic rings. The molecule has 0 aliphatic heterocycles. The largest absolute Gasteiger partial charge is 0.459 e. The van der Waals surface area contributed by atoms with Crippen LogP contribution in [0.1, 0.15) is 60.3 Å². The lowest BCUT2D eigenvalue weighted by atomic mass is 10.2. The first kappa shape index (κ1) is 31.7. The maximum Gasteiger partial charge on any atom is 0.397 e. The second-order valence-electron chi connectivity index (χ2n) is 5.84. The van der Waals surface area contributed by atoms with Crippen molar-refractivity contribution in [3.8, 4) is 0 Å². The van der Waals surface area contributed by atoms with E-state index >= 15 is 0 Å². The van der Waals surface area contributed by atoms with Crippen LogP contribution in [0.5, 0.6) is 0 Å². The molecular weight excluding hydrogens is 487 g/mol. The normalized spacial score (nSPS) is 9.22. The minimum atomic E-state index is -1.04. The van der Waals surface area contributed by atoms with Gasteiger partial charge in [0.25, 0.3) is 0 Å². The van der Waals surface area contributed by atoms with Crippen LogP contribution in [0.3, 0.4) is 0 Å². The minimum absolute atomic E-state index is 0.0683. The van der Waals surface area contributed by atoms with E-state index in [-0.39, 0.29) is 18.9 Å². The number of carbonyl (C=O) groups excluding carboxylic acids is 4. The first-order valence-corrected chi connectivity index (χ1v) is 11.4. The highest BCUT2D eigenvalue weighted by Crippen LogP contribution is 2.19. The van der Waals surface area contributed by atoms with Gasteiger partial charge in [-0.15, -0.1) is 0 Å². The molecule has 0 aromatic heterocycles. The highest BCUT2D eigenvalue weighted by molar-refractivity contribution is 9.10. The van der Waals surface area contributed by atoms with Gasteiger partial charge < -0.3 is 20.1 Å². The third-order valence-electron chi connectivity index (χ3n) is 3.42. The number of hydrogen-bond donors (Lipinski definition) is 2. The summed E-state index contributed by atoms with van der Waals surface area (Å²) in [5.41, 5.74) is -0.0683. The topological polar surface area (TPSA) is 111 Å². The van der Waals surface area contributed by atoms with Crippen LogP contribution in [-0.2, 0) is 28.7 Å². The fraction of sp³-hybridized carbons (Fsp3) is 0.545. The zero-order valence-electron chi connectivity index (χ0n) is 19.4. The third-order valence-corrected chi connectivity index (χ3v) is 3.91. The summed E-state index contributed by atoms with van der Waals surface area (Å²) in [6.45, 7) is 10.3. The fourth-order valence-corrected chi connectivity index (χ4v) is 2.32. The standard InChI is InChI=1S/C10H9BrFNO3.C10H19NO3.C2H6/c1-2-16-10(15)9(14)13-8-4-3-6(11)5-7(8)12;1-3-5-6-7-8-11-9(12)10(13)14-4-2;1-2/h3-5H,2H2,1H3,(H,13,14);3-8H2,1-2H3,(H,11,12);1-2H3. The van der Waals surface area contributed by atoms with E-state index in [1.165, 1.54) is 12.1 Å². The number of esters is 2. The number of unbranched alkanes of at least 4 members (excludes halogenated alkanes) is 3. The molecular formula is C22H34BrFN2O6. The average molecular weight is 521 g/mol. The molecule has 0 bridgehead atoms. The van der Waals surface area contributed by atoms with Crippen LogP contribution in [0.4, 0.5) is 10.1 Å². The fourth-order valence-electron chi connectivity index (χ4n) is 1.98. The molecule has 2 N–H and O–H groups in total. The maximum absolute atomic E-state index is 13.3. The summed E-state index contributed by atoms with van der Waals surface area (Å²) in [6, 6.07) is 4.07. The van der Waals surface area contributed by atoms with Crippen molar-refractivity contribution in [2.45, 2.75) is 60.3 Å². The summed E-state index contributed by atoms with van der Waals surface area (Å²) in [5.74, 6) is -4.09. The van der Waals surface area contributed by atoms with Crippen LogP contribution < -0.4 is 10.6 Å². The summed E-state index contributed by atoms with van der Waals surface area (Å²) < 4.78 is 22.8. The Labute approximate surface area is 197 Å². The van der Waals surface area contributed by atoms with E-state index < -0.39 is 29.6 Å². The molecule has 0 aliphatic carbocycles. The Morgan fingerprint density at radius 3 is 1.97 bits per heavy atom. The number of ether oxygens (including phenoxy) is 2. The highest BCUT2D eigenvalue weighted by atomic mass is 79.9. The number of hydrogen-bond acceptors (Lipinski definition) is 6. The molecule has 0 aliphatic rings. The highest BCUT2D eigenvalue weighted by Gasteiger charge is 2.16. The van der Waals surface area contributed by atoms with Gasteiger partial charge in [0.05, 0.1) is 18.9 Å². The summed E-state index contributed by atoms with van der Waals surface area (Å²) in [4.78, 5) is 43.9. The van der Waals surface area contributed by atoms with Gasteiger partial charge in [0.2, 0.25) is 0 Å². The predicted octanol–water partition coefficient (Wildman–Crippen LogP) is 4.36. The minimum Gasteiger partial charge on any atom is -0.459 e. The Hall–Kier alpha value is -2.49. The molecule has 10 heteroatoms. The van der Waals surface area contributed by atoms with E-state index in [9.17, 15) is 23.6 Å². The monoisotopic (exact) mass is 520 g/mol. The molecule has 0 spiro atoms. The molecule has 8 nitrogen and oxygen atoms in total. The first-order chi connectivity index (χ1) is 15.3. The van der Waals surface area contributed by atoms with E-state index in [4.69, 9.17) is 0 Å². The van der Waals surface area contributed by atoms with Crippen molar-refractivity contribution >= 4 is 45.4 Å². The molecule has 0 atom stereocenters. The van der Waals surface area contributed by atoms with Gasteiger partial charge in [-0.2, -0.15) is 0 Å². The smallest absolute Gasteiger partial charge is 0.397 e. The van der Waals surface area contributed by atoms with Crippen LogP contribution in [0.25, 0.3) is 0 Å². The first-order valence-electron chi connectivity index (χ1n) is 10.6. The van der Waals surface area contributed by atoms with Crippen molar-refractivity contribution in [3.63, 3.8) is 0 Å². The average Bonchev–Trinajstić information content (AvgIpc) is 2.77. The van der Waals surface area contributed by atoms with Crippen molar-refractivity contribution < 1.29 is 33.0 Å². The van der Waals surface area contributed by atoms with Crippen molar-refractivity contribution in [1.29, 1.82) is 0 Å². The van der Waals surface area contributed by atoms with Gasteiger partial charge >= 0.3 is 23.8 Å². The van der Waals surface area contributed by atoms with Crippen molar-refractivity contribution in [1.82, 2.24) is 5.32 Å². The van der Waals surface area contributed by atoms with E-state index in [1.54, 1.807) is 19.9 Å². The van der Waals surface area contributed by atoms with E-state index in [0.29, 0.717) is 11.0 Å². The third kappa shape index (κ3) is 15.3. The predicted molar refractivity (Wildman–Crippen MR) is 124 cm³/mol. The molecule has 1 aromatic carbocycles. The summed E-state index contributed by atoms with van der Waals surface area (Å²) in [7, 11) is 0.